The van der Waals surface area contributed by atoms with Crippen LogP contribution in [-0.4, -0.2) is 61.0 Å². The van der Waals surface area contributed by atoms with Crippen LogP contribution < -0.4 is 14.8 Å². The molecule has 1 atom stereocenters. The van der Waals surface area contributed by atoms with Crippen LogP contribution in [0.25, 0.3) is 0 Å². The molecule has 1 saturated heterocycles. The summed E-state index contributed by atoms with van der Waals surface area (Å²) in [6.07, 6.45) is 1.86. The molecule has 0 bridgehead atoms. The SMILES string of the molecule is COc1ccc(CCN2C(=O)N[C@@H](CCC(=O)N3CCc4ccccc4C3)C2=O)cc1OC. The summed E-state index contributed by atoms with van der Waals surface area (Å²) in [5.74, 6) is 0.953. The minimum absolute atomic E-state index is 0.00956. The van der Waals surface area contributed by atoms with Crippen LogP contribution >= 0.6 is 0 Å². The molecule has 1 N–H and O–H groups in total. The second-order valence-corrected chi connectivity index (χ2v) is 8.30. The van der Waals surface area contributed by atoms with E-state index in [1.54, 1.807) is 20.3 Å². The highest BCUT2D eigenvalue weighted by Gasteiger charge is 2.37. The lowest BCUT2D eigenvalue weighted by atomic mass is 9.99. The molecule has 2 aromatic carbocycles. The highest BCUT2D eigenvalue weighted by Crippen LogP contribution is 2.28. The average Bonchev–Trinajstić information content (AvgIpc) is 3.12. The first-order chi connectivity index (χ1) is 16.0. The van der Waals surface area contributed by atoms with Gasteiger partial charge in [-0.2, -0.15) is 0 Å². The molecular formula is C25H29N3O5. The van der Waals surface area contributed by atoms with Crippen molar-refractivity contribution in [3.8, 4) is 11.5 Å². The quantitative estimate of drug-likeness (QED) is 0.623. The molecule has 0 spiro atoms. The molecule has 2 heterocycles. The van der Waals surface area contributed by atoms with Crippen molar-refractivity contribution in [1.29, 1.82) is 0 Å². The van der Waals surface area contributed by atoms with Gasteiger partial charge in [-0.05, 0) is 48.1 Å². The molecule has 0 aromatic heterocycles. The van der Waals surface area contributed by atoms with E-state index in [0.717, 1.165) is 12.0 Å². The fraction of sp³-hybridized carbons (Fsp3) is 0.400. The Kier molecular flexibility index (Phi) is 6.82. The number of nitrogens with zero attached hydrogens (tertiary/aromatic N) is 2. The third-order valence-electron chi connectivity index (χ3n) is 6.31. The normalized spacial score (nSPS) is 17.6. The monoisotopic (exact) mass is 451 g/mol. The van der Waals surface area contributed by atoms with Crippen LogP contribution in [0, 0.1) is 0 Å². The number of fused-ring (bicyclic) bond motifs is 1. The van der Waals surface area contributed by atoms with E-state index in [1.807, 2.05) is 35.2 Å². The molecule has 174 valence electrons. The lowest BCUT2D eigenvalue weighted by Gasteiger charge is -2.29. The van der Waals surface area contributed by atoms with Gasteiger partial charge in [-0.3, -0.25) is 14.5 Å². The van der Waals surface area contributed by atoms with Crippen molar-refractivity contribution < 1.29 is 23.9 Å². The van der Waals surface area contributed by atoms with Gasteiger partial charge < -0.3 is 19.7 Å². The summed E-state index contributed by atoms with van der Waals surface area (Å²) < 4.78 is 10.6. The van der Waals surface area contributed by atoms with Crippen LogP contribution in [-0.2, 0) is 29.0 Å². The lowest BCUT2D eigenvalue weighted by molar-refractivity contribution is -0.132. The summed E-state index contributed by atoms with van der Waals surface area (Å²) in [7, 11) is 3.13. The smallest absolute Gasteiger partial charge is 0.324 e. The van der Waals surface area contributed by atoms with Gasteiger partial charge in [0, 0.05) is 26.1 Å². The first kappa shape index (κ1) is 22.6. The Balaban J connectivity index is 1.29. The zero-order valence-corrected chi connectivity index (χ0v) is 19.0. The Bertz CT molecular complexity index is 1050. The first-order valence-electron chi connectivity index (χ1n) is 11.2. The van der Waals surface area contributed by atoms with Crippen molar-refractivity contribution in [2.24, 2.45) is 0 Å². The van der Waals surface area contributed by atoms with Crippen LogP contribution in [0.3, 0.4) is 0 Å². The van der Waals surface area contributed by atoms with E-state index in [0.29, 0.717) is 37.4 Å². The summed E-state index contributed by atoms with van der Waals surface area (Å²) in [5.41, 5.74) is 3.38. The minimum atomic E-state index is -0.663. The first-order valence-corrected chi connectivity index (χ1v) is 11.2. The van der Waals surface area contributed by atoms with Crippen molar-refractivity contribution >= 4 is 17.8 Å². The van der Waals surface area contributed by atoms with Crippen LogP contribution in [0.2, 0.25) is 0 Å². The van der Waals surface area contributed by atoms with Gasteiger partial charge in [0.15, 0.2) is 11.5 Å². The summed E-state index contributed by atoms with van der Waals surface area (Å²) in [6, 6.07) is 12.6. The number of hydrogen-bond donors (Lipinski definition) is 1. The van der Waals surface area contributed by atoms with Gasteiger partial charge >= 0.3 is 6.03 Å². The van der Waals surface area contributed by atoms with Gasteiger partial charge in [0.1, 0.15) is 6.04 Å². The van der Waals surface area contributed by atoms with Crippen LogP contribution in [0.4, 0.5) is 4.79 Å². The largest absolute Gasteiger partial charge is 0.493 e. The molecule has 8 nitrogen and oxygen atoms in total. The predicted octanol–water partition coefficient (Wildman–Crippen LogP) is 2.53. The molecule has 2 aliphatic rings. The number of nitrogens with one attached hydrogen (secondary N) is 1. The second-order valence-electron chi connectivity index (χ2n) is 8.30. The van der Waals surface area contributed by atoms with E-state index in [9.17, 15) is 14.4 Å². The van der Waals surface area contributed by atoms with Crippen LogP contribution in [0.5, 0.6) is 11.5 Å². The predicted molar refractivity (Wildman–Crippen MR) is 122 cm³/mol. The number of carbonyl (C=O) groups excluding carboxylic acids is 3. The third kappa shape index (κ3) is 4.94. The number of benzene rings is 2. The van der Waals surface area contributed by atoms with E-state index in [-0.39, 0.29) is 24.8 Å². The maximum absolute atomic E-state index is 12.8. The molecule has 1 fully saturated rings. The van der Waals surface area contributed by atoms with Gasteiger partial charge in [-0.15, -0.1) is 0 Å². The number of urea groups is 1. The molecule has 4 rings (SSSR count). The zero-order valence-electron chi connectivity index (χ0n) is 19.0. The van der Waals surface area contributed by atoms with Gasteiger partial charge in [0.25, 0.3) is 5.91 Å². The molecule has 0 unspecified atom stereocenters. The van der Waals surface area contributed by atoms with Crippen LogP contribution in [0.15, 0.2) is 42.5 Å². The molecule has 0 radical (unpaired) electrons. The minimum Gasteiger partial charge on any atom is -0.493 e. The summed E-state index contributed by atoms with van der Waals surface area (Å²) in [6.45, 7) is 1.53. The highest BCUT2D eigenvalue weighted by atomic mass is 16.5. The molecule has 0 saturated carbocycles. The maximum atomic E-state index is 12.8. The number of amides is 4. The van der Waals surface area contributed by atoms with Gasteiger partial charge in [-0.25, -0.2) is 4.79 Å². The zero-order chi connectivity index (χ0) is 23.4. The number of rotatable bonds is 8. The third-order valence-corrected chi connectivity index (χ3v) is 6.31. The summed E-state index contributed by atoms with van der Waals surface area (Å²) in [4.78, 5) is 40.9. The molecule has 8 heteroatoms. The van der Waals surface area contributed by atoms with Crippen molar-refractivity contribution in [2.45, 2.75) is 38.3 Å². The van der Waals surface area contributed by atoms with Crippen molar-refractivity contribution in [1.82, 2.24) is 15.1 Å². The van der Waals surface area contributed by atoms with Crippen molar-refractivity contribution in [3.05, 3.63) is 59.2 Å². The standard InChI is InChI=1S/C25H29N3O5/c1-32-21-9-7-17(15-22(21)33-2)11-14-28-24(30)20(26-25(28)31)8-10-23(29)27-13-12-18-5-3-4-6-19(18)16-27/h3-7,9,15,20H,8,10-14,16H2,1-2H3,(H,26,31)/t20-/m0/s1. The van der Waals surface area contributed by atoms with Gasteiger partial charge in [-0.1, -0.05) is 30.3 Å². The fourth-order valence-corrected chi connectivity index (χ4v) is 4.40. The van der Waals surface area contributed by atoms with E-state index < -0.39 is 12.1 Å². The number of carbonyl (C=O) groups is 3. The molecule has 33 heavy (non-hydrogen) atoms. The maximum Gasteiger partial charge on any atom is 0.324 e. The van der Waals surface area contributed by atoms with Crippen LogP contribution in [0.1, 0.15) is 29.5 Å². The molecule has 0 aliphatic carbocycles. The van der Waals surface area contributed by atoms with Crippen molar-refractivity contribution in [2.75, 3.05) is 27.3 Å². The van der Waals surface area contributed by atoms with E-state index in [4.69, 9.17) is 9.47 Å². The number of ether oxygens (including phenoxy) is 2. The lowest BCUT2D eigenvalue weighted by Crippen LogP contribution is -2.37. The van der Waals surface area contributed by atoms with Gasteiger partial charge in [0.05, 0.1) is 14.2 Å². The van der Waals surface area contributed by atoms with E-state index in [2.05, 4.69) is 11.4 Å². The molecule has 2 aromatic rings. The van der Waals surface area contributed by atoms with Gasteiger partial charge in [0.2, 0.25) is 5.91 Å². The Labute approximate surface area is 193 Å². The second kappa shape index (κ2) is 9.94. The average molecular weight is 452 g/mol. The van der Waals surface area contributed by atoms with Crippen molar-refractivity contribution in [3.63, 3.8) is 0 Å². The number of hydrogen-bond acceptors (Lipinski definition) is 5. The topological polar surface area (TPSA) is 88.2 Å². The van der Waals surface area contributed by atoms with E-state index >= 15 is 0 Å². The molecular weight excluding hydrogens is 422 g/mol. The Morgan fingerprint density at radius 3 is 2.58 bits per heavy atom. The highest BCUT2D eigenvalue weighted by molar-refractivity contribution is 6.04. The Hall–Kier alpha value is -3.55. The fourth-order valence-electron chi connectivity index (χ4n) is 4.40. The molecule has 4 amide bonds. The van der Waals surface area contributed by atoms with E-state index in [1.165, 1.54) is 16.0 Å². The summed E-state index contributed by atoms with van der Waals surface area (Å²) in [5, 5.41) is 2.73. The summed E-state index contributed by atoms with van der Waals surface area (Å²) >= 11 is 0. The Morgan fingerprint density at radius 2 is 1.82 bits per heavy atom. The number of imide groups is 1. The number of methoxy groups -OCH3 is 2. The Morgan fingerprint density at radius 1 is 1.06 bits per heavy atom. The molecule has 2 aliphatic heterocycles.